The van der Waals surface area contributed by atoms with Crippen LogP contribution in [0.3, 0.4) is 0 Å². The van der Waals surface area contributed by atoms with E-state index in [0.29, 0.717) is 6.10 Å². The molecule has 0 atom stereocenters. The van der Waals surface area contributed by atoms with Gasteiger partial charge in [-0.3, -0.25) is 0 Å². The molecule has 1 aromatic heterocycles. The van der Waals surface area contributed by atoms with Crippen LogP contribution < -0.4 is 5.32 Å². The smallest absolute Gasteiger partial charge is 0.0594 e. The Morgan fingerprint density at radius 2 is 2.17 bits per heavy atom. The minimum atomic E-state index is 0.527. The zero-order valence-corrected chi connectivity index (χ0v) is 13.4. The zero-order chi connectivity index (χ0) is 12.8. The average Bonchev–Trinajstić information content (AvgIpc) is 2.70. The summed E-state index contributed by atoms with van der Waals surface area (Å²) in [5.41, 5.74) is 0. The molecule has 4 heteroatoms. The van der Waals surface area contributed by atoms with Gasteiger partial charge < -0.3 is 10.1 Å². The third-order valence-corrected chi connectivity index (χ3v) is 5.53. The fourth-order valence-electron chi connectivity index (χ4n) is 2.35. The normalized spacial score (nSPS) is 17.2. The van der Waals surface area contributed by atoms with Crippen molar-refractivity contribution in [3.8, 4) is 0 Å². The lowest BCUT2D eigenvalue weighted by Gasteiger charge is -2.21. The van der Waals surface area contributed by atoms with Gasteiger partial charge >= 0.3 is 0 Å². The molecule has 102 valence electrons. The second-order valence-electron chi connectivity index (χ2n) is 4.92. The third-order valence-electron chi connectivity index (χ3n) is 3.39. The largest absolute Gasteiger partial charge is 0.377 e. The molecule has 2 nitrogen and oxygen atoms in total. The quantitative estimate of drug-likeness (QED) is 0.786. The van der Waals surface area contributed by atoms with E-state index < -0.39 is 0 Å². The fourth-order valence-corrected chi connectivity index (χ4v) is 3.92. The SMILES string of the molecule is Cc1sc(CNCCOC2CCCCC2)cc1Br. The number of rotatable bonds is 6. The lowest BCUT2D eigenvalue weighted by molar-refractivity contribution is 0.0302. The molecule has 0 bridgehead atoms. The van der Waals surface area contributed by atoms with Crippen LogP contribution in [-0.4, -0.2) is 19.3 Å². The summed E-state index contributed by atoms with van der Waals surface area (Å²) >= 11 is 5.40. The van der Waals surface area contributed by atoms with E-state index in [2.05, 4.69) is 34.2 Å². The van der Waals surface area contributed by atoms with Crippen LogP contribution in [0.25, 0.3) is 0 Å². The van der Waals surface area contributed by atoms with Gasteiger partial charge in [0.05, 0.1) is 12.7 Å². The third kappa shape index (κ3) is 4.65. The Bertz CT molecular complexity index is 341. The van der Waals surface area contributed by atoms with Gasteiger partial charge in [0.1, 0.15) is 0 Å². The molecule has 0 aliphatic heterocycles. The van der Waals surface area contributed by atoms with E-state index >= 15 is 0 Å². The van der Waals surface area contributed by atoms with E-state index in [-0.39, 0.29) is 0 Å². The number of hydrogen-bond donors (Lipinski definition) is 1. The highest BCUT2D eigenvalue weighted by Gasteiger charge is 2.12. The Hall–Kier alpha value is 0.100. The molecule has 1 heterocycles. The van der Waals surface area contributed by atoms with Crippen LogP contribution in [0.5, 0.6) is 0 Å². The van der Waals surface area contributed by atoms with Gasteiger partial charge in [0.2, 0.25) is 0 Å². The minimum absolute atomic E-state index is 0.527. The summed E-state index contributed by atoms with van der Waals surface area (Å²) in [6.45, 7) is 4.89. The van der Waals surface area contributed by atoms with E-state index in [4.69, 9.17) is 4.74 Å². The molecule has 1 aromatic rings. The van der Waals surface area contributed by atoms with Gasteiger partial charge in [-0.05, 0) is 41.8 Å². The number of hydrogen-bond acceptors (Lipinski definition) is 3. The van der Waals surface area contributed by atoms with Gasteiger partial charge in [-0.15, -0.1) is 11.3 Å². The maximum atomic E-state index is 5.88. The Labute approximate surface area is 122 Å². The fraction of sp³-hybridized carbons (Fsp3) is 0.714. The van der Waals surface area contributed by atoms with Crippen molar-refractivity contribution in [1.29, 1.82) is 0 Å². The summed E-state index contributed by atoms with van der Waals surface area (Å²) in [5.74, 6) is 0. The molecule has 0 amide bonds. The summed E-state index contributed by atoms with van der Waals surface area (Å²) in [5, 5.41) is 3.45. The highest BCUT2D eigenvalue weighted by atomic mass is 79.9. The second kappa shape index (κ2) is 7.63. The number of halogens is 1. The van der Waals surface area contributed by atoms with E-state index in [0.717, 1.165) is 19.7 Å². The van der Waals surface area contributed by atoms with Gasteiger partial charge in [0, 0.05) is 27.3 Å². The predicted molar refractivity (Wildman–Crippen MR) is 81.3 cm³/mol. The van der Waals surface area contributed by atoms with Crippen LogP contribution in [0.15, 0.2) is 10.5 Å². The first kappa shape index (κ1) is 14.5. The molecule has 0 unspecified atom stereocenters. The summed E-state index contributed by atoms with van der Waals surface area (Å²) in [6, 6.07) is 2.20. The van der Waals surface area contributed by atoms with Crippen molar-refractivity contribution in [2.75, 3.05) is 13.2 Å². The van der Waals surface area contributed by atoms with Gasteiger partial charge in [-0.25, -0.2) is 0 Å². The molecule has 1 aliphatic rings. The predicted octanol–water partition coefficient (Wildman–Crippen LogP) is 4.26. The minimum Gasteiger partial charge on any atom is -0.377 e. The lowest BCUT2D eigenvalue weighted by atomic mass is 9.98. The van der Waals surface area contributed by atoms with Crippen LogP contribution in [-0.2, 0) is 11.3 Å². The number of nitrogens with one attached hydrogen (secondary N) is 1. The Morgan fingerprint density at radius 1 is 1.39 bits per heavy atom. The highest BCUT2D eigenvalue weighted by molar-refractivity contribution is 9.10. The van der Waals surface area contributed by atoms with Gasteiger partial charge in [0.15, 0.2) is 0 Å². The molecule has 1 saturated carbocycles. The topological polar surface area (TPSA) is 21.3 Å². The second-order valence-corrected chi connectivity index (χ2v) is 7.12. The van der Waals surface area contributed by atoms with Crippen molar-refractivity contribution < 1.29 is 4.74 Å². The first-order valence-electron chi connectivity index (χ1n) is 6.83. The van der Waals surface area contributed by atoms with Crippen molar-refractivity contribution in [1.82, 2.24) is 5.32 Å². The van der Waals surface area contributed by atoms with Crippen LogP contribution >= 0.6 is 27.3 Å². The first-order chi connectivity index (χ1) is 8.75. The summed E-state index contributed by atoms with van der Waals surface area (Å²) < 4.78 is 7.11. The van der Waals surface area contributed by atoms with Crippen molar-refractivity contribution in [2.24, 2.45) is 0 Å². The van der Waals surface area contributed by atoms with Crippen LogP contribution in [0.4, 0.5) is 0 Å². The Balaban J connectivity index is 1.55. The molecule has 0 saturated heterocycles. The van der Waals surface area contributed by atoms with Crippen LogP contribution in [0, 0.1) is 6.92 Å². The highest BCUT2D eigenvalue weighted by Crippen LogP contribution is 2.26. The monoisotopic (exact) mass is 331 g/mol. The number of ether oxygens (including phenoxy) is 1. The molecule has 0 spiro atoms. The van der Waals surface area contributed by atoms with E-state index in [1.54, 1.807) is 0 Å². The molecule has 2 rings (SSSR count). The lowest BCUT2D eigenvalue weighted by Crippen LogP contribution is -2.24. The summed E-state index contributed by atoms with van der Waals surface area (Å²) in [4.78, 5) is 2.74. The molecule has 1 N–H and O–H groups in total. The molecule has 18 heavy (non-hydrogen) atoms. The van der Waals surface area contributed by atoms with Crippen LogP contribution in [0.2, 0.25) is 0 Å². The molecule has 1 aliphatic carbocycles. The molecule has 0 radical (unpaired) electrons. The maximum Gasteiger partial charge on any atom is 0.0594 e. The van der Waals surface area contributed by atoms with E-state index in [1.165, 1.54) is 46.3 Å². The van der Waals surface area contributed by atoms with Crippen LogP contribution in [0.1, 0.15) is 41.9 Å². The standard InChI is InChI=1S/C14H22BrNOS/c1-11-14(15)9-13(18-11)10-16-7-8-17-12-5-3-2-4-6-12/h9,12,16H,2-8,10H2,1H3. The van der Waals surface area contributed by atoms with Gasteiger partial charge in [0.25, 0.3) is 0 Å². The van der Waals surface area contributed by atoms with Crippen molar-refractivity contribution in [2.45, 2.75) is 51.7 Å². The van der Waals surface area contributed by atoms with Crippen molar-refractivity contribution >= 4 is 27.3 Å². The van der Waals surface area contributed by atoms with Crippen molar-refractivity contribution in [3.05, 3.63) is 20.3 Å². The molecular weight excluding hydrogens is 310 g/mol. The maximum absolute atomic E-state index is 5.88. The van der Waals surface area contributed by atoms with E-state index in [1.807, 2.05) is 11.3 Å². The Morgan fingerprint density at radius 3 is 2.83 bits per heavy atom. The number of thiophene rings is 1. The zero-order valence-electron chi connectivity index (χ0n) is 11.0. The van der Waals surface area contributed by atoms with E-state index in [9.17, 15) is 0 Å². The molecule has 0 aromatic carbocycles. The number of aryl methyl sites for hydroxylation is 1. The Kier molecular flexibility index (Phi) is 6.15. The summed E-state index contributed by atoms with van der Waals surface area (Å²) in [7, 11) is 0. The molecular formula is C14H22BrNOS. The van der Waals surface area contributed by atoms with Gasteiger partial charge in [-0.1, -0.05) is 19.3 Å². The van der Waals surface area contributed by atoms with Crippen molar-refractivity contribution in [3.63, 3.8) is 0 Å². The van der Waals surface area contributed by atoms with Gasteiger partial charge in [-0.2, -0.15) is 0 Å². The first-order valence-corrected chi connectivity index (χ1v) is 8.44. The molecule has 1 fully saturated rings. The average molecular weight is 332 g/mol. The summed E-state index contributed by atoms with van der Waals surface area (Å²) in [6.07, 6.45) is 7.14.